The number of amides is 1. The zero-order valence-electron chi connectivity index (χ0n) is 14.9. The molecule has 1 aliphatic carbocycles. The number of aromatic nitrogens is 2. The summed E-state index contributed by atoms with van der Waals surface area (Å²) in [6, 6.07) is 13.8. The third-order valence-corrected chi connectivity index (χ3v) is 6.35. The molecule has 7 heteroatoms. The molecule has 1 amide bonds. The van der Waals surface area contributed by atoms with E-state index in [1.54, 1.807) is 29.4 Å². The Hall–Kier alpha value is -2.64. The molecule has 0 atom stereocenters. The van der Waals surface area contributed by atoms with Gasteiger partial charge in [-0.2, -0.15) is 0 Å². The number of hydrogen-bond donors (Lipinski definition) is 1. The van der Waals surface area contributed by atoms with Crippen molar-refractivity contribution < 1.29 is 9.21 Å². The highest BCUT2D eigenvalue weighted by atomic mass is 32.2. The summed E-state index contributed by atoms with van der Waals surface area (Å²) < 4.78 is 5.41. The van der Waals surface area contributed by atoms with Crippen molar-refractivity contribution in [1.29, 1.82) is 0 Å². The fourth-order valence-corrected chi connectivity index (χ4v) is 4.64. The van der Waals surface area contributed by atoms with Gasteiger partial charge in [-0.25, -0.2) is 9.97 Å². The Morgan fingerprint density at radius 2 is 2.11 bits per heavy atom. The van der Waals surface area contributed by atoms with Crippen LogP contribution in [0.1, 0.15) is 28.9 Å². The Balaban J connectivity index is 1.39. The van der Waals surface area contributed by atoms with E-state index in [9.17, 15) is 4.79 Å². The van der Waals surface area contributed by atoms with E-state index < -0.39 is 0 Å². The molecule has 0 saturated heterocycles. The Labute approximate surface area is 170 Å². The van der Waals surface area contributed by atoms with Gasteiger partial charge in [0.05, 0.1) is 28.1 Å². The van der Waals surface area contributed by atoms with E-state index in [0.717, 1.165) is 45.2 Å². The molecule has 0 aliphatic heterocycles. The number of fused-ring (bicyclic) bond motifs is 1. The summed E-state index contributed by atoms with van der Waals surface area (Å²) in [7, 11) is 0. The number of nitrogens with zero attached hydrogens (tertiary/aromatic N) is 2. The van der Waals surface area contributed by atoms with Crippen molar-refractivity contribution in [2.24, 2.45) is 0 Å². The summed E-state index contributed by atoms with van der Waals surface area (Å²) in [5, 5.41) is 7.71. The number of carbonyl (C=O) groups is 1. The van der Waals surface area contributed by atoms with E-state index in [-0.39, 0.29) is 5.91 Å². The van der Waals surface area contributed by atoms with Crippen LogP contribution in [0.5, 0.6) is 0 Å². The second-order valence-electron chi connectivity index (χ2n) is 6.68. The predicted molar refractivity (Wildman–Crippen MR) is 112 cm³/mol. The van der Waals surface area contributed by atoms with Gasteiger partial charge in [-0.1, -0.05) is 30.0 Å². The average Bonchev–Trinajstić information content (AvgIpc) is 3.19. The molecule has 0 bridgehead atoms. The SMILES string of the molecule is O=C(NC1CC1)c1cc(SCc2csc(-c3ccco3)n2)nc2ccccc12. The van der Waals surface area contributed by atoms with Gasteiger partial charge in [0.15, 0.2) is 10.8 Å². The van der Waals surface area contributed by atoms with E-state index >= 15 is 0 Å². The molecule has 1 fully saturated rings. The van der Waals surface area contributed by atoms with Crippen LogP contribution >= 0.6 is 23.1 Å². The summed E-state index contributed by atoms with van der Waals surface area (Å²) in [6.45, 7) is 0. The molecule has 3 aromatic heterocycles. The second kappa shape index (κ2) is 7.41. The Morgan fingerprint density at radius 1 is 1.21 bits per heavy atom. The number of rotatable bonds is 6. The monoisotopic (exact) mass is 407 g/mol. The van der Waals surface area contributed by atoms with E-state index in [4.69, 9.17) is 9.40 Å². The molecule has 1 saturated carbocycles. The zero-order valence-corrected chi connectivity index (χ0v) is 16.6. The highest BCUT2D eigenvalue weighted by Crippen LogP contribution is 2.30. The Morgan fingerprint density at radius 3 is 2.93 bits per heavy atom. The Kier molecular flexibility index (Phi) is 4.62. The van der Waals surface area contributed by atoms with Gasteiger partial charge in [-0.15, -0.1) is 11.3 Å². The molecule has 28 heavy (non-hydrogen) atoms. The third-order valence-electron chi connectivity index (χ3n) is 4.50. The molecular formula is C21H17N3O2S2. The number of pyridine rings is 1. The number of nitrogens with one attached hydrogen (secondary N) is 1. The van der Waals surface area contributed by atoms with Gasteiger partial charge in [0.2, 0.25) is 0 Å². The minimum absolute atomic E-state index is 0.0169. The molecule has 140 valence electrons. The van der Waals surface area contributed by atoms with Gasteiger partial charge < -0.3 is 9.73 Å². The van der Waals surface area contributed by atoms with Crippen molar-refractivity contribution in [2.45, 2.75) is 29.7 Å². The van der Waals surface area contributed by atoms with Crippen molar-refractivity contribution in [3.8, 4) is 10.8 Å². The fraction of sp³-hybridized carbons (Fsp3) is 0.190. The summed E-state index contributed by atoms with van der Waals surface area (Å²) in [5.74, 6) is 1.45. The highest BCUT2D eigenvalue weighted by molar-refractivity contribution is 7.98. The molecule has 0 spiro atoms. The van der Waals surface area contributed by atoms with Gasteiger partial charge in [0, 0.05) is 22.6 Å². The summed E-state index contributed by atoms with van der Waals surface area (Å²) in [6.07, 6.45) is 3.79. The third kappa shape index (κ3) is 3.68. The lowest BCUT2D eigenvalue weighted by atomic mass is 10.1. The van der Waals surface area contributed by atoms with E-state index in [1.807, 2.05) is 47.8 Å². The van der Waals surface area contributed by atoms with Crippen LogP contribution < -0.4 is 5.32 Å². The van der Waals surface area contributed by atoms with Gasteiger partial charge in [-0.05, 0) is 37.1 Å². The smallest absolute Gasteiger partial charge is 0.252 e. The average molecular weight is 408 g/mol. The first-order valence-electron chi connectivity index (χ1n) is 9.08. The number of benzene rings is 1. The lowest BCUT2D eigenvalue weighted by Gasteiger charge is -2.09. The molecule has 0 unspecified atom stereocenters. The van der Waals surface area contributed by atoms with Crippen LogP contribution in [-0.2, 0) is 5.75 Å². The van der Waals surface area contributed by atoms with E-state index in [2.05, 4.69) is 10.3 Å². The van der Waals surface area contributed by atoms with E-state index in [0.29, 0.717) is 17.4 Å². The second-order valence-corrected chi connectivity index (χ2v) is 8.54. The molecule has 1 aliphatic rings. The number of furan rings is 1. The highest BCUT2D eigenvalue weighted by Gasteiger charge is 2.25. The standard InChI is InChI=1S/C21H17N3O2S2/c25-20(22-13-7-8-13)16-10-19(24-17-5-2-1-4-15(16)17)27-11-14-12-28-21(23-14)18-6-3-9-26-18/h1-6,9-10,12-13H,7-8,11H2,(H,22,25). The molecule has 5 rings (SSSR count). The van der Waals surface area contributed by atoms with Crippen LogP contribution in [0.25, 0.3) is 21.7 Å². The van der Waals surface area contributed by atoms with Crippen LogP contribution in [-0.4, -0.2) is 21.9 Å². The van der Waals surface area contributed by atoms with Crippen LogP contribution in [0.2, 0.25) is 0 Å². The lowest BCUT2D eigenvalue weighted by molar-refractivity contribution is 0.0952. The molecule has 3 heterocycles. The predicted octanol–water partition coefficient (Wildman–Crippen LogP) is 5.14. The van der Waals surface area contributed by atoms with Crippen molar-refractivity contribution in [3.05, 3.63) is 65.4 Å². The van der Waals surface area contributed by atoms with Crippen molar-refractivity contribution in [3.63, 3.8) is 0 Å². The summed E-state index contributed by atoms with van der Waals surface area (Å²) in [5.41, 5.74) is 2.50. The van der Waals surface area contributed by atoms with Gasteiger partial charge >= 0.3 is 0 Å². The number of thiazole rings is 1. The first-order valence-corrected chi connectivity index (χ1v) is 10.9. The van der Waals surface area contributed by atoms with Crippen molar-refractivity contribution in [2.75, 3.05) is 0 Å². The minimum Gasteiger partial charge on any atom is -0.462 e. The molecule has 5 nitrogen and oxygen atoms in total. The zero-order chi connectivity index (χ0) is 18.9. The van der Waals surface area contributed by atoms with Crippen LogP contribution in [0.15, 0.2) is 63.6 Å². The topological polar surface area (TPSA) is 68.0 Å². The number of hydrogen-bond acceptors (Lipinski definition) is 6. The van der Waals surface area contributed by atoms with Crippen LogP contribution in [0, 0.1) is 0 Å². The van der Waals surface area contributed by atoms with Gasteiger partial charge in [0.25, 0.3) is 5.91 Å². The maximum absolute atomic E-state index is 12.7. The largest absolute Gasteiger partial charge is 0.462 e. The first-order chi connectivity index (χ1) is 13.8. The molecule has 4 aromatic rings. The van der Waals surface area contributed by atoms with Gasteiger partial charge in [0.1, 0.15) is 0 Å². The number of carbonyl (C=O) groups excluding carboxylic acids is 1. The summed E-state index contributed by atoms with van der Waals surface area (Å²) >= 11 is 3.15. The first kappa shape index (κ1) is 17.5. The minimum atomic E-state index is -0.0169. The molecular weight excluding hydrogens is 390 g/mol. The van der Waals surface area contributed by atoms with E-state index in [1.165, 1.54) is 0 Å². The summed E-state index contributed by atoms with van der Waals surface area (Å²) in [4.78, 5) is 22.1. The fourth-order valence-electron chi connectivity index (χ4n) is 2.94. The van der Waals surface area contributed by atoms with Crippen molar-refractivity contribution >= 4 is 39.9 Å². The quantitative estimate of drug-likeness (QED) is 0.449. The maximum atomic E-state index is 12.7. The van der Waals surface area contributed by atoms with Crippen LogP contribution in [0.3, 0.4) is 0 Å². The Bertz CT molecular complexity index is 1130. The number of para-hydroxylation sites is 1. The number of thioether (sulfide) groups is 1. The molecule has 1 aromatic carbocycles. The lowest BCUT2D eigenvalue weighted by Crippen LogP contribution is -2.25. The van der Waals surface area contributed by atoms with Crippen molar-refractivity contribution in [1.82, 2.24) is 15.3 Å². The van der Waals surface area contributed by atoms with Crippen LogP contribution in [0.4, 0.5) is 0 Å². The molecule has 0 radical (unpaired) electrons. The van der Waals surface area contributed by atoms with Gasteiger partial charge in [-0.3, -0.25) is 4.79 Å². The maximum Gasteiger partial charge on any atom is 0.252 e. The normalized spacial score (nSPS) is 13.7. The molecule has 1 N–H and O–H groups in total.